The molecule has 10 nitrogen and oxygen atoms in total. The van der Waals surface area contributed by atoms with Gasteiger partial charge in [0, 0.05) is 37.2 Å². The lowest BCUT2D eigenvalue weighted by molar-refractivity contribution is 0.0918. The predicted octanol–water partition coefficient (Wildman–Crippen LogP) is 1.90. The average molecular weight is 431 g/mol. The lowest BCUT2D eigenvalue weighted by Gasteiger charge is -2.11. The number of carbonyl (C=O) groups is 2. The van der Waals surface area contributed by atoms with Crippen molar-refractivity contribution < 1.29 is 14.3 Å². The van der Waals surface area contributed by atoms with Crippen LogP contribution in [0.5, 0.6) is 0 Å². The van der Waals surface area contributed by atoms with E-state index in [9.17, 15) is 9.59 Å². The number of ether oxygens (including phenoxy) is 1. The van der Waals surface area contributed by atoms with Crippen LogP contribution in [0.2, 0.25) is 0 Å². The van der Waals surface area contributed by atoms with Crippen LogP contribution < -0.4 is 10.6 Å². The van der Waals surface area contributed by atoms with Crippen LogP contribution in [0, 0.1) is 0 Å². The summed E-state index contributed by atoms with van der Waals surface area (Å²) in [4.78, 5) is 30.2. The van der Waals surface area contributed by atoms with E-state index in [1.54, 1.807) is 29.9 Å². The van der Waals surface area contributed by atoms with Gasteiger partial charge in [0.2, 0.25) is 0 Å². The van der Waals surface area contributed by atoms with E-state index in [-0.39, 0.29) is 23.2 Å². The zero-order chi connectivity index (χ0) is 22.1. The molecule has 0 bridgehead atoms. The molecule has 162 valence electrons. The Bertz CT molecular complexity index is 1290. The minimum atomic E-state index is -0.440. The van der Waals surface area contributed by atoms with Gasteiger partial charge in [-0.3, -0.25) is 14.3 Å². The summed E-state index contributed by atoms with van der Waals surface area (Å²) in [6.45, 7) is 1.08. The number of aryl methyl sites for hydroxylation is 1. The van der Waals surface area contributed by atoms with Gasteiger partial charge in [0.15, 0.2) is 11.5 Å². The van der Waals surface area contributed by atoms with Crippen LogP contribution in [-0.4, -0.2) is 55.4 Å². The van der Waals surface area contributed by atoms with E-state index >= 15 is 0 Å². The first kappa shape index (κ1) is 19.9. The number of benzene rings is 1. The highest BCUT2D eigenvalue weighted by atomic mass is 16.5. The minimum Gasteiger partial charge on any atom is -0.379 e. The molecule has 1 aromatic carbocycles. The molecule has 0 saturated carbocycles. The van der Waals surface area contributed by atoms with E-state index in [0.29, 0.717) is 30.4 Å². The summed E-state index contributed by atoms with van der Waals surface area (Å²) in [7, 11) is 1.62. The van der Waals surface area contributed by atoms with Gasteiger partial charge < -0.3 is 15.4 Å². The van der Waals surface area contributed by atoms with Crippen LogP contribution in [0.15, 0.2) is 54.9 Å². The highest BCUT2D eigenvalue weighted by molar-refractivity contribution is 6.11. The molecule has 1 aliphatic rings. The number of rotatable bonds is 5. The quantitative estimate of drug-likeness (QED) is 0.499. The molecule has 3 aromatic heterocycles. The summed E-state index contributed by atoms with van der Waals surface area (Å²) in [5, 5.41) is 14.3. The van der Waals surface area contributed by atoms with Gasteiger partial charge in [0.1, 0.15) is 5.69 Å². The maximum atomic E-state index is 13.0. The second-order valence-electron chi connectivity index (χ2n) is 7.54. The highest BCUT2D eigenvalue weighted by Gasteiger charge is 2.25. The fourth-order valence-corrected chi connectivity index (χ4v) is 3.64. The van der Waals surface area contributed by atoms with Gasteiger partial charge in [0.25, 0.3) is 11.8 Å². The van der Waals surface area contributed by atoms with Crippen molar-refractivity contribution in [2.45, 2.75) is 12.5 Å². The molecule has 2 amide bonds. The summed E-state index contributed by atoms with van der Waals surface area (Å²) in [5.41, 5.74) is 2.41. The largest absolute Gasteiger partial charge is 0.379 e. The average Bonchev–Trinajstić information content (AvgIpc) is 3.53. The molecule has 2 N–H and O–H groups in total. The Hall–Kier alpha value is -4.05. The second-order valence-corrected chi connectivity index (χ2v) is 7.54. The number of anilines is 1. The fourth-order valence-electron chi connectivity index (χ4n) is 3.64. The molecule has 0 aliphatic carbocycles. The standard InChI is InChI=1S/C22H21N7O3/c1-28-19(17(12-23-28)21(30)25-16-8-10-32-13-16)22(31)24-15-7-9-29-18(11-15)26-20(27-29)14-5-3-2-4-6-14/h2-7,9,11-12,16H,8,10,13H2,1H3,(H,24,31)(H,25,30)/t16-/m1/s1. The van der Waals surface area contributed by atoms with E-state index in [1.807, 2.05) is 30.3 Å². The molecule has 4 aromatic rings. The lowest BCUT2D eigenvalue weighted by Crippen LogP contribution is -2.36. The number of hydrogen-bond acceptors (Lipinski definition) is 6. The van der Waals surface area contributed by atoms with E-state index < -0.39 is 5.91 Å². The Morgan fingerprint density at radius 3 is 2.78 bits per heavy atom. The molecule has 5 rings (SSSR count). The third-order valence-electron chi connectivity index (χ3n) is 5.29. The van der Waals surface area contributed by atoms with Crippen molar-refractivity contribution in [1.82, 2.24) is 29.7 Å². The Kier molecular flexibility index (Phi) is 5.12. The van der Waals surface area contributed by atoms with Crippen LogP contribution in [-0.2, 0) is 11.8 Å². The van der Waals surface area contributed by atoms with Gasteiger partial charge in [-0.25, -0.2) is 9.50 Å². The molecule has 1 aliphatic heterocycles. The number of amides is 2. The number of carbonyl (C=O) groups excluding carboxylic acids is 2. The maximum absolute atomic E-state index is 13.0. The molecular formula is C22H21N7O3. The number of hydrogen-bond donors (Lipinski definition) is 2. The van der Waals surface area contributed by atoms with Gasteiger partial charge in [-0.1, -0.05) is 30.3 Å². The van der Waals surface area contributed by atoms with Crippen LogP contribution in [0.25, 0.3) is 17.0 Å². The van der Waals surface area contributed by atoms with Crippen molar-refractivity contribution in [2.75, 3.05) is 18.5 Å². The monoisotopic (exact) mass is 431 g/mol. The van der Waals surface area contributed by atoms with Crippen LogP contribution in [0.3, 0.4) is 0 Å². The number of pyridine rings is 1. The first-order chi connectivity index (χ1) is 15.6. The van der Waals surface area contributed by atoms with Crippen LogP contribution in [0.4, 0.5) is 5.69 Å². The second kappa shape index (κ2) is 8.23. The Morgan fingerprint density at radius 1 is 1.16 bits per heavy atom. The number of aromatic nitrogens is 5. The molecule has 32 heavy (non-hydrogen) atoms. The van der Waals surface area contributed by atoms with Crippen molar-refractivity contribution in [2.24, 2.45) is 7.05 Å². The van der Waals surface area contributed by atoms with Crippen molar-refractivity contribution in [1.29, 1.82) is 0 Å². The van der Waals surface area contributed by atoms with Crippen molar-refractivity contribution in [3.8, 4) is 11.4 Å². The maximum Gasteiger partial charge on any atom is 0.274 e. The molecule has 0 radical (unpaired) electrons. The molecule has 10 heteroatoms. The third-order valence-corrected chi connectivity index (χ3v) is 5.29. The predicted molar refractivity (Wildman–Crippen MR) is 116 cm³/mol. The van der Waals surface area contributed by atoms with E-state index in [0.717, 1.165) is 12.0 Å². The Morgan fingerprint density at radius 2 is 2.00 bits per heavy atom. The SMILES string of the molecule is Cn1ncc(C(=O)N[C@@H]2CCOC2)c1C(=O)Nc1ccn2nc(-c3ccccc3)nc2c1. The molecule has 1 fully saturated rings. The van der Waals surface area contributed by atoms with E-state index in [2.05, 4.69) is 25.8 Å². The van der Waals surface area contributed by atoms with Crippen molar-refractivity contribution >= 4 is 23.1 Å². The highest BCUT2D eigenvalue weighted by Crippen LogP contribution is 2.19. The van der Waals surface area contributed by atoms with E-state index in [4.69, 9.17) is 4.74 Å². The van der Waals surface area contributed by atoms with Gasteiger partial charge in [-0.05, 0) is 12.5 Å². The molecule has 1 atom stereocenters. The summed E-state index contributed by atoms with van der Waals surface area (Å²) in [6.07, 6.45) is 3.87. The Balaban J connectivity index is 1.37. The van der Waals surface area contributed by atoms with Gasteiger partial charge >= 0.3 is 0 Å². The first-order valence-electron chi connectivity index (χ1n) is 10.2. The smallest absolute Gasteiger partial charge is 0.274 e. The molecule has 1 saturated heterocycles. The first-order valence-corrected chi connectivity index (χ1v) is 10.2. The van der Waals surface area contributed by atoms with Crippen LogP contribution in [0.1, 0.15) is 27.3 Å². The van der Waals surface area contributed by atoms with Gasteiger partial charge in [-0.15, -0.1) is 5.10 Å². The third kappa shape index (κ3) is 3.83. The number of nitrogens with zero attached hydrogens (tertiary/aromatic N) is 5. The van der Waals surface area contributed by atoms with Crippen LogP contribution >= 0.6 is 0 Å². The molecule has 4 heterocycles. The minimum absolute atomic E-state index is 0.0622. The number of fused-ring (bicyclic) bond motifs is 1. The summed E-state index contributed by atoms with van der Waals surface area (Å²) < 4.78 is 8.32. The molecule has 0 unspecified atom stereocenters. The van der Waals surface area contributed by atoms with E-state index in [1.165, 1.54) is 10.9 Å². The molecule has 0 spiro atoms. The lowest BCUT2D eigenvalue weighted by atomic mass is 10.2. The zero-order valence-corrected chi connectivity index (χ0v) is 17.4. The topological polar surface area (TPSA) is 115 Å². The Labute approximate surface area is 183 Å². The summed E-state index contributed by atoms with van der Waals surface area (Å²) >= 11 is 0. The van der Waals surface area contributed by atoms with Crippen molar-refractivity contribution in [3.05, 3.63) is 66.1 Å². The normalized spacial score (nSPS) is 15.7. The van der Waals surface area contributed by atoms with Crippen molar-refractivity contribution in [3.63, 3.8) is 0 Å². The fraction of sp³-hybridized carbons (Fsp3) is 0.227. The van der Waals surface area contributed by atoms with Gasteiger partial charge in [-0.2, -0.15) is 5.10 Å². The summed E-state index contributed by atoms with van der Waals surface area (Å²) in [5.74, 6) is -0.195. The number of nitrogens with one attached hydrogen (secondary N) is 2. The van der Waals surface area contributed by atoms with Gasteiger partial charge in [0.05, 0.1) is 24.4 Å². The molecular weight excluding hydrogens is 410 g/mol. The zero-order valence-electron chi connectivity index (χ0n) is 17.4. The summed E-state index contributed by atoms with van der Waals surface area (Å²) in [6, 6.07) is 13.0.